The number of benzene rings is 1. The fraction of sp³-hybridized carbons (Fsp3) is 0.143. The van der Waals surface area contributed by atoms with E-state index in [9.17, 15) is 0 Å². The predicted octanol–water partition coefficient (Wildman–Crippen LogP) is 4.59. The van der Waals surface area contributed by atoms with Gasteiger partial charge in [-0.3, -0.25) is 4.68 Å². The molecule has 0 atom stereocenters. The van der Waals surface area contributed by atoms with Crippen molar-refractivity contribution in [3.8, 4) is 11.3 Å². The van der Waals surface area contributed by atoms with E-state index in [-0.39, 0.29) is 0 Å². The van der Waals surface area contributed by atoms with E-state index >= 15 is 0 Å². The Bertz CT molecular complexity index is 1050. The summed E-state index contributed by atoms with van der Waals surface area (Å²) >= 11 is 0. The van der Waals surface area contributed by atoms with Gasteiger partial charge < -0.3 is 0 Å². The Morgan fingerprint density at radius 1 is 1.08 bits per heavy atom. The van der Waals surface area contributed by atoms with Gasteiger partial charge in [-0.15, -0.1) is 0 Å². The first-order chi connectivity index (χ1) is 12.1. The van der Waals surface area contributed by atoms with Gasteiger partial charge in [0.2, 0.25) is 0 Å². The van der Waals surface area contributed by atoms with Gasteiger partial charge in [0.1, 0.15) is 0 Å². The van der Waals surface area contributed by atoms with Gasteiger partial charge in [-0.1, -0.05) is 42.5 Å². The fourth-order valence-corrected chi connectivity index (χ4v) is 3.00. The quantitative estimate of drug-likeness (QED) is 0.549. The average Bonchev–Trinajstić information content (AvgIpc) is 3.22. The van der Waals surface area contributed by atoms with Crippen LogP contribution in [0.3, 0.4) is 0 Å². The first-order valence-electron chi connectivity index (χ1n) is 8.34. The average molecular weight is 328 g/mol. The van der Waals surface area contributed by atoms with Crippen LogP contribution in [0.4, 0.5) is 0 Å². The van der Waals surface area contributed by atoms with Gasteiger partial charge in [0.15, 0.2) is 0 Å². The molecule has 0 bridgehead atoms. The molecule has 3 aromatic heterocycles. The normalized spacial score (nSPS) is 11.1. The van der Waals surface area contributed by atoms with Gasteiger partial charge in [-0.2, -0.15) is 10.2 Å². The number of hydrogen-bond donors (Lipinski definition) is 0. The molecule has 4 rings (SSSR count). The molecule has 0 fully saturated rings. The Morgan fingerprint density at radius 2 is 1.88 bits per heavy atom. The van der Waals surface area contributed by atoms with Crippen LogP contribution in [-0.2, 0) is 6.54 Å². The third-order valence-corrected chi connectivity index (χ3v) is 4.44. The molecular formula is C21H20N4. The highest BCUT2D eigenvalue weighted by Crippen LogP contribution is 2.24. The van der Waals surface area contributed by atoms with Crippen molar-refractivity contribution >= 4 is 11.1 Å². The van der Waals surface area contributed by atoms with Crippen LogP contribution < -0.4 is 0 Å². The summed E-state index contributed by atoms with van der Waals surface area (Å²) in [4.78, 5) is 0. The summed E-state index contributed by atoms with van der Waals surface area (Å²) in [5.74, 6) is 0. The zero-order chi connectivity index (χ0) is 17.4. The van der Waals surface area contributed by atoms with Crippen molar-refractivity contribution in [1.29, 1.82) is 0 Å². The van der Waals surface area contributed by atoms with Crippen molar-refractivity contribution in [2.24, 2.45) is 0 Å². The first kappa shape index (κ1) is 15.4. The lowest BCUT2D eigenvalue weighted by atomic mass is 10.1. The number of pyridine rings is 1. The van der Waals surface area contributed by atoms with E-state index in [1.807, 2.05) is 46.6 Å². The van der Waals surface area contributed by atoms with E-state index in [4.69, 9.17) is 5.10 Å². The van der Waals surface area contributed by atoms with Crippen molar-refractivity contribution in [1.82, 2.24) is 19.4 Å². The molecule has 0 N–H and O–H groups in total. The summed E-state index contributed by atoms with van der Waals surface area (Å²) in [7, 11) is 0. The van der Waals surface area contributed by atoms with E-state index in [1.54, 1.807) is 0 Å². The summed E-state index contributed by atoms with van der Waals surface area (Å²) in [6.45, 7) is 8.87. The highest BCUT2D eigenvalue weighted by Gasteiger charge is 2.11. The molecule has 0 aliphatic carbocycles. The lowest BCUT2D eigenvalue weighted by Gasteiger charge is -2.10. The maximum Gasteiger partial charge on any atom is 0.0933 e. The molecule has 0 aliphatic rings. The number of nitrogens with zero attached hydrogens (tertiary/aromatic N) is 4. The second kappa shape index (κ2) is 6.06. The van der Waals surface area contributed by atoms with Gasteiger partial charge in [0.05, 0.1) is 23.4 Å². The van der Waals surface area contributed by atoms with Crippen molar-refractivity contribution < 1.29 is 0 Å². The molecule has 0 spiro atoms. The van der Waals surface area contributed by atoms with E-state index in [0.717, 1.165) is 39.3 Å². The maximum atomic E-state index is 4.84. The largest absolute Gasteiger partial charge is 0.264 e. The first-order valence-corrected chi connectivity index (χ1v) is 8.34. The van der Waals surface area contributed by atoms with Crippen molar-refractivity contribution in [2.75, 3.05) is 0 Å². The summed E-state index contributed by atoms with van der Waals surface area (Å²) in [5, 5.41) is 9.25. The fourth-order valence-electron chi connectivity index (χ4n) is 3.00. The number of aryl methyl sites for hydroxylation is 1. The number of hydrogen-bond acceptors (Lipinski definition) is 2. The molecular weight excluding hydrogens is 308 g/mol. The third kappa shape index (κ3) is 2.87. The summed E-state index contributed by atoms with van der Waals surface area (Å²) < 4.78 is 4.00. The second-order valence-electron chi connectivity index (χ2n) is 6.38. The van der Waals surface area contributed by atoms with Crippen molar-refractivity contribution in [3.63, 3.8) is 0 Å². The third-order valence-electron chi connectivity index (χ3n) is 4.44. The van der Waals surface area contributed by atoms with Crippen LogP contribution >= 0.6 is 0 Å². The molecule has 4 heteroatoms. The number of fused-ring (bicyclic) bond motifs is 1. The van der Waals surface area contributed by atoms with Crippen LogP contribution in [0.15, 0.2) is 67.4 Å². The van der Waals surface area contributed by atoms with Gasteiger partial charge in [0, 0.05) is 17.5 Å². The number of aromatic nitrogens is 4. The highest BCUT2D eigenvalue weighted by atomic mass is 15.3. The predicted molar refractivity (Wildman–Crippen MR) is 101 cm³/mol. The van der Waals surface area contributed by atoms with E-state index < -0.39 is 0 Å². The smallest absolute Gasteiger partial charge is 0.0933 e. The van der Waals surface area contributed by atoms with Crippen LogP contribution in [0.25, 0.3) is 22.3 Å². The number of allylic oxidation sites excluding steroid dienone is 1. The van der Waals surface area contributed by atoms with E-state index in [2.05, 4.69) is 48.9 Å². The minimum atomic E-state index is 0.673. The standard InChI is InChI=1S/C21H20N4/c1-15(2)18-11-19-13-21(17-7-5-4-6-8-17)23-25(19)20(12-18)14-24-16(3)9-10-22-24/h4-13H,1,14H2,2-3H3. The molecule has 0 amide bonds. The minimum absolute atomic E-state index is 0.673. The molecule has 0 aliphatic heterocycles. The number of rotatable bonds is 4. The lowest BCUT2D eigenvalue weighted by molar-refractivity contribution is 0.636. The van der Waals surface area contributed by atoms with Crippen LogP contribution in [-0.4, -0.2) is 19.4 Å². The Hall–Kier alpha value is -3.14. The molecule has 0 unspecified atom stereocenters. The summed E-state index contributed by atoms with van der Waals surface area (Å²) in [5.41, 5.74) is 7.55. The zero-order valence-electron chi connectivity index (χ0n) is 14.5. The van der Waals surface area contributed by atoms with Crippen LogP contribution in [0, 0.1) is 6.92 Å². The van der Waals surface area contributed by atoms with Gasteiger partial charge in [-0.05, 0) is 43.7 Å². The molecule has 25 heavy (non-hydrogen) atoms. The highest BCUT2D eigenvalue weighted by molar-refractivity contribution is 5.71. The van der Waals surface area contributed by atoms with Crippen LogP contribution in [0.1, 0.15) is 23.9 Å². The Morgan fingerprint density at radius 3 is 2.56 bits per heavy atom. The maximum absolute atomic E-state index is 4.84. The Balaban J connectivity index is 1.88. The van der Waals surface area contributed by atoms with Crippen molar-refractivity contribution in [3.05, 3.63) is 84.3 Å². The molecule has 0 saturated heterocycles. The molecule has 4 nitrogen and oxygen atoms in total. The SMILES string of the molecule is C=C(C)c1cc(Cn2nccc2C)n2nc(-c3ccccc3)cc2c1. The van der Waals surface area contributed by atoms with Crippen molar-refractivity contribution in [2.45, 2.75) is 20.4 Å². The van der Waals surface area contributed by atoms with Gasteiger partial charge >= 0.3 is 0 Å². The van der Waals surface area contributed by atoms with E-state index in [1.165, 1.54) is 0 Å². The lowest BCUT2D eigenvalue weighted by Crippen LogP contribution is -2.09. The minimum Gasteiger partial charge on any atom is -0.264 e. The Kier molecular flexibility index (Phi) is 3.73. The molecule has 3 heterocycles. The molecule has 0 radical (unpaired) electrons. The zero-order valence-corrected chi connectivity index (χ0v) is 14.5. The van der Waals surface area contributed by atoms with Gasteiger partial charge in [0.25, 0.3) is 0 Å². The Labute approximate surface area is 147 Å². The topological polar surface area (TPSA) is 35.1 Å². The molecule has 0 saturated carbocycles. The van der Waals surface area contributed by atoms with E-state index in [0.29, 0.717) is 6.54 Å². The summed E-state index contributed by atoms with van der Waals surface area (Å²) in [6, 6.07) is 18.7. The second-order valence-corrected chi connectivity index (χ2v) is 6.38. The summed E-state index contributed by atoms with van der Waals surface area (Å²) in [6.07, 6.45) is 1.83. The molecule has 124 valence electrons. The molecule has 1 aromatic carbocycles. The monoisotopic (exact) mass is 328 g/mol. The van der Waals surface area contributed by atoms with Gasteiger partial charge in [-0.25, -0.2) is 4.52 Å². The molecule has 4 aromatic rings. The van der Waals surface area contributed by atoms with Crippen LogP contribution in [0.5, 0.6) is 0 Å². The van der Waals surface area contributed by atoms with Crippen LogP contribution in [0.2, 0.25) is 0 Å².